The van der Waals surface area contributed by atoms with Crippen LogP contribution in [0.15, 0.2) is 18.2 Å². The Morgan fingerprint density at radius 2 is 2.04 bits per heavy atom. The summed E-state index contributed by atoms with van der Waals surface area (Å²) in [5, 5.41) is 13.8. The Hall–Kier alpha value is -2.15. The monoisotopic (exact) mass is 382 g/mol. The van der Waals surface area contributed by atoms with Gasteiger partial charge in [-0.1, -0.05) is 38.3 Å². The SMILES string of the molecule is C[C@@H]1[C@@H](C)CCC[C@H]1NC(=O)[C@@H](C)OC(=O)c1ccc(Cl)c([N+](=O)[O-])c1. The second-order valence-corrected chi connectivity index (χ2v) is 7.26. The molecule has 1 aliphatic carbocycles. The third kappa shape index (κ3) is 4.72. The summed E-state index contributed by atoms with van der Waals surface area (Å²) in [5.74, 6) is -0.290. The molecule has 1 aromatic carbocycles. The molecule has 1 aromatic rings. The first kappa shape index (κ1) is 20.2. The molecule has 1 saturated carbocycles. The second-order valence-electron chi connectivity index (χ2n) is 6.85. The Morgan fingerprint density at radius 3 is 2.69 bits per heavy atom. The van der Waals surface area contributed by atoms with Gasteiger partial charge >= 0.3 is 5.97 Å². The van der Waals surface area contributed by atoms with Crippen molar-refractivity contribution in [2.45, 2.75) is 52.2 Å². The summed E-state index contributed by atoms with van der Waals surface area (Å²) >= 11 is 5.73. The summed E-state index contributed by atoms with van der Waals surface area (Å²) in [6, 6.07) is 3.68. The van der Waals surface area contributed by atoms with E-state index in [4.69, 9.17) is 16.3 Å². The van der Waals surface area contributed by atoms with Gasteiger partial charge in [-0.25, -0.2) is 4.79 Å². The van der Waals surface area contributed by atoms with Crippen LogP contribution in [-0.4, -0.2) is 28.9 Å². The fourth-order valence-corrected chi connectivity index (χ4v) is 3.33. The van der Waals surface area contributed by atoms with E-state index >= 15 is 0 Å². The van der Waals surface area contributed by atoms with Gasteiger partial charge in [-0.15, -0.1) is 0 Å². The van der Waals surface area contributed by atoms with Crippen LogP contribution in [0.25, 0.3) is 0 Å². The van der Waals surface area contributed by atoms with Crippen molar-refractivity contribution in [3.05, 3.63) is 38.9 Å². The van der Waals surface area contributed by atoms with Crippen molar-refractivity contribution in [3.8, 4) is 0 Å². The van der Waals surface area contributed by atoms with Gasteiger partial charge in [0.1, 0.15) is 5.02 Å². The molecule has 0 spiro atoms. The van der Waals surface area contributed by atoms with E-state index in [0.717, 1.165) is 25.3 Å². The van der Waals surface area contributed by atoms with Crippen LogP contribution < -0.4 is 5.32 Å². The Bertz CT molecular complexity index is 709. The Labute approximate surface area is 157 Å². The van der Waals surface area contributed by atoms with Gasteiger partial charge in [-0.3, -0.25) is 14.9 Å². The van der Waals surface area contributed by atoms with Crippen molar-refractivity contribution in [3.63, 3.8) is 0 Å². The van der Waals surface area contributed by atoms with Gasteiger partial charge in [0, 0.05) is 12.1 Å². The van der Waals surface area contributed by atoms with Crippen molar-refractivity contribution in [1.82, 2.24) is 5.32 Å². The lowest BCUT2D eigenvalue weighted by molar-refractivity contribution is -0.384. The summed E-state index contributed by atoms with van der Waals surface area (Å²) in [4.78, 5) is 34.8. The molecule has 0 aliphatic heterocycles. The lowest BCUT2D eigenvalue weighted by atomic mass is 9.78. The van der Waals surface area contributed by atoms with E-state index in [-0.39, 0.29) is 28.2 Å². The third-order valence-electron chi connectivity index (χ3n) is 5.07. The molecule has 0 bridgehead atoms. The van der Waals surface area contributed by atoms with Crippen LogP contribution in [-0.2, 0) is 9.53 Å². The minimum Gasteiger partial charge on any atom is -0.449 e. The predicted octanol–water partition coefficient (Wildman–Crippen LogP) is 3.73. The molecule has 26 heavy (non-hydrogen) atoms. The highest BCUT2D eigenvalue weighted by atomic mass is 35.5. The molecular formula is C18H23ClN2O5. The molecule has 7 nitrogen and oxygen atoms in total. The molecule has 0 heterocycles. The van der Waals surface area contributed by atoms with E-state index < -0.39 is 17.0 Å². The number of carbonyl (C=O) groups excluding carboxylic acids is 2. The molecule has 0 radical (unpaired) electrons. The minimum absolute atomic E-state index is 0.0274. The van der Waals surface area contributed by atoms with Crippen molar-refractivity contribution in [2.75, 3.05) is 0 Å². The maximum Gasteiger partial charge on any atom is 0.339 e. The summed E-state index contributed by atoms with van der Waals surface area (Å²) < 4.78 is 5.16. The van der Waals surface area contributed by atoms with Crippen LogP contribution >= 0.6 is 11.6 Å². The topological polar surface area (TPSA) is 98.5 Å². The van der Waals surface area contributed by atoms with Crippen molar-refractivity contribution < 1.29 is 19.2 Å². The number of nitro benzene ring substituents is 1. The van der Waals surface area contributed by atoms with Gasteiger partial charge in [0.15, 0.2) is 6.10 Å². The fraction of sp³-hybridized carbons (Fsp3) is 0.556. The smallest absolute Gasteiger partial charge is 0.339 e. The number of halogens is 1. The third-order valence-corrected chi connectivity index (χ3v) is 5.39. The van der Waals surface area contributed by atoms with Crippen LogP contribution in [0, 0.1) is 22.0 Å². The number of nitrogens with one attached hydrogen (secondary N) is 1. The Morgan fingerprint density at radius 1 is 1.35 bits per heavy atom. The normalized spacial score (nSPS) is 23.8. The average Bonchev–Trinajstić information content (AvgIpc) is 2.58. The number of hydrogen-bond donors (Lipinski definition) is 1. The average molecular weight is 383 g/mol. The lowest BCUT2D eigenvalue weighted by Crippen LogP contribution is -2.47. The number of ether oxygens (including phenoxy) is 1. The van der Waals surface area contributed by atoms with Gasteiger partial charge in [-0.05, 0) is 37.3 Å². The van der Waals surface area contributed by atoms with Crippen LogP contribution in [0.4, 0.5) is 5.69 Å². The van der Waals surface area contributed by atoms with E-state index in [1.807, 2.05) is 0 Å². The van der Waals surface area contributed by atoms with Crippen LogP contribution in [0.3, 0.4) is 0 Å². The number of rotatable bonds is 5. The second kappa shape index (κ2) is 8.49. The molecule has 4 atom stereocenters. The zero-order valence-electron chi connectivity index (χ0n) is 15.0. The molecule has 0 aromatic heterocycles. The van der Waals surface area contributed by atoms with Crippen LogP contribution in [0.1, 0.15) is 50.4 Å². The van der Waals surface area contributed by atoms with Gasteiger partial charge < -0.3 is 10.1 Å². The number of carbonyl (C=O) groups is 2. The van der Waals surface area contributed by atoms with Crippen molar-refractivity contribution in [2.24, 2.45) is 11.8 Å². The molecule has 1 aliphatic rings. The van der Waals surface area contributed by atoms with Crippen LogP contribution in [0.5, 0.6) is 0 Å². The largest absolute Gasteiger partial charge is 0.449 e. The fourth-order valence-electron chi connectivity index (χ4n) is 3.15. The molecular weight excluding hydrogens is 360 g/mol. The summed E-state index contributed by atoms with van der Waals surface area (Å²) in [6.07, 6.45) is 2.11. The first-order valence-electron chi connectivity index (χ1n) is 8.66. The first-order valence-corrected chi connectivity index (χ1v) is 9.03. The van der Waals surface area contributed by atoms with Gasteiger partial charge in [0.05, 0.1) is 10.5 Å². The zero-order valence-corrected chi connectivity index (χ0v) is 15.8. The van der Waals surface area contributed by atoms with Crippen LogP contribution in [0.2, 0.25) is 5.02 Å². The highest BCUT2D eigenvalue weighted by molar-refractivity contribution is 6.32. The van der Waals surface area contributed by atoms with Crippen molar-refractivity contribution >= 4 is 29.2 Å². The number of benzene rings is 1. The number of esters is 1. The zero-order chi connectivity index (χ0) is 19.4. The molecule has 1 fully saturated rings. The van der Waals surface area contributed by atoms with E-state index in [0.29, 0.717) is 11.8 Å². The van der Waals surface area contributed by atoms with E-state index in [9.17, 15) is 19.7 Å². The van der Waals surface area contributed by atoms with E-state index in [1.165, 1.54) is 19.1 Å². The highest BCUT2D eigenvalue weighted by Crippen LogP contribution is 2.29. The molecule has 8 heteroatoms. The summed E-state index contributed by atoms with van der Waals surface area (Å²) in [6.45, 7) is 5.76. The predicted molar refractivity (Wildman–Crippen MR) is 97.1 cm³/mol. The number of hydrogen-bond acceptors (Lipinski definition) is 5. The maximum absolute atomic E-state index is 12.3. The van der Waals surface area contributed by atoms with Gasteiger partial charge in [-0.2, -0.15) is 0 Å². The van der Waals surface area contributed by atoms with E-state index in [2.05, 4.69) is 19.2 Å². The summed E-state index contributed by atoms with van der Waals surface area (Å²) in [7, 11) is 0. The standard InChI is InChI=1S/C18H23ClN2O5/c1-10-5-4-6-15(11(10)2)20-17(22)12(3)26-18(23)13-7-8-14(19)16(9-13)21(24)25/h7-12,15H,4-6H2,1-3H3,(H,20,22)/t10-,11+,12+,15+/m0/s1. The van der Waals surface area contributed by atoms with E-state index in [1.54, 1.807) is 0 Å². The first-order chi connectivity index (χ1) is 12.2. The highest BCUT2D eigenvalue weighted by Gasteiger charge is 2.30. The Balaban J connectivity index is 1.99. The molecule has 142 valence electrons. The molecule has 0 saturated heterocycles. The molecule has 2 rings (SSSR count). The molecule has 1 amide bonds. The van der Waals surface area contributed by atoms with Crippen molar-refractivity contribution in [1.29, 1.82) is 0 Å². The molecule has 0 unspecified atom stereocenters. The van der Waals surface area contributed by atoms with Gasteiger partial charge in [0.25, 0.3) is 11.6 Å². The lowest BCUT2D eigenvalue weighted by Gasteiger charge is -2.35. The van der Waals surface area contributed by atoms with Gasteiger partial charge in [0.2, 0.25) is 0 Å². The maximum atomic E-state index is 12.3. The minimum atomic E-state index is -0.998. The molecule has 1 N–H and O–H groups in total. The number of nitrogens with zero attached hydrogens (tertiary/aromatic N) is 1. The quantitative estimate of drug-likeness (QED) is 0.475. The summed E-state index contributed by atoms with van der Waals surface area (Å²) in [5.41, 5.74) is -0.413. The Kier molecular flexibility index (Phi) is 6.58. The number of amides is 1. The number of nitro groups is 1.